The van der Waals surface area contributed by atoms with E-state index in [0.717, 1.165) is 0 Å². The summed E-state index contributed by atoms with van der Waals surface area (Å²) in [4.78, 5) is 10.5. The minimum Gasteiger partial charge on any atom is -0.478 e. The fourth-order valence-electron chi connectivity index (χ4n) is 1.27. The van der Waals surface area contributed by atoms with Gasteiger partial charge in [0.15, 0.2) is 9.84 Å². The van der Waals surface area contributed by atoms with E-state index in [1.165, 1.54) is 24.3 Å². The first-order chi connectivity index (χ1) is 8.40. The summed E-state index contributed by atoms with van der Waals surface area (Å²) in [5, 5.41) is 8.68. The maximum absolute atomic E-state index is 12.3. The second-order valence-corrected chi connectivity index (χ2v) is 5.55. The molecule has 1 aromatic carbocycles. The Morgan fingerprint density at radius 2 is 1.84 bits per heavy atom. The first-order valence-corrected chi connectivity index (χ1v) is 6.60. The van der Waals surface area contributed by atoms with Crippen LogP contribution >= 0.6 is 12.4 Å². The molecule has 0 aliphatic carbocycles. The van der Waals surface area contributed by atoms with Crippen LogP contribution in [0.4, 0.5) is 4.39 Å². The third kappa shape index (κ3) is 4.62. The highest BCUT2D eigenvalue weighted by molar-refractivity contribution is 7.91. The van der Waals surface area contributed by atoms with Gasteiger partial charge >= 0.3 is 5.97 Å². The van der Waals surface area contributed by atoms with Gasteiger partial charge in [0.2, 0.25) is 0 Å². The Bertz CT molecular complexity index is 569. The Kier molecular flexibility index (Phi) is 6.68. The molecule has 0 saturated carbocycles. The third-order valence-corrected chi connectivity index (χ3v) is 3.99. The predicted octanol–water partition coefficient (Wildman–Crippen LogP) is 1.39. The number of hydrogen-bond acceptors (Lipinski definition) is 4. The molecule has 0 unspecified atom stereocenters. The molecule has 5 nitrogen and oxygen atoms in total. The van der Waals surface area contributed by atoms with Gasteiger partial charge in [-0.15, -0.1) is 12.4 Å². The number of hydrogen-bond donors (Lipinski definition) is 2. The van der Waals surface area contributed by atoms with Gasteiger partial charge in [0, 0.05) is 6.54 Å². The average molecular weight is 310 g/mol. The van der Waals surface area contributed by atoms with E-state index in [2.05, 4.69) is 0 Å². The number of rotatable bonds is 5. The topological polar surface area (TPSA) is 97.5 Å². The lowest BCUT2D eigenvalue weighted by Gasteiger charge is -2.05. The molecule has 8 heteroatoms. The molecule has 0 saturated heterocycles. The van der Waals surface area contributed by atoms with Gasteiger partial charge in [-0.2, -0.15) is 0 Å². The lowest BCUT2D eigenvalue weighted by Crippen LogP contribution is -2.15. The second kappa shape index (κ2) is 7.22. The average Bonchev–Trinajstić information content (AvgIpc) is 2.36. The third-order valence-electron chi connectivity index (χ3n) is 2.25. The Hall–Kier alpha value is -1.44. The van der Waals surface area contributed by atoms with Crippen molar-refractivity contribution in [1.29, 1.82) is 0 Å². The van der Waals surface area contributed by atoms with Crippen LogP contribution in [0.15, 0.2) is 41.1 Å². The van der Waals surface area contributed by atoms with Crippen LogP contribution in [0.2, 0.25) is 0 Å². The van der Waals surface area contributed by atoms with Gasteiger partial charge in [0.25, 0.3) is 0 Å². The van der Waals surface area contributed by atoms with Crippen molar-refractivity contribution in [1.82, 2.24) is 0 Å². The number of benzene rings is 1. The van der Waals surface area contributed by atoms with Crippen LogP contribution in [-0.4, -0.2) is 31.8 Å². The zero-order valence-corrected chi connectivity index (χ0v) is 11.4. The molecule has 0 aliphatic heterocycles. The zero-order chi connectivity index (χ0) is 13.8. The molecule has 0 bridgehead atoms. The van der Waals surface area contributed by atoms with Crippen LogP contribution in [0.5, 0.6) is 0 Å². The van der Waals surface area contributed by atoms with Gasteiger partial charge in [0.05, 0.1) is 22.5 Å². The normalized spacial score (nSPS) is 11.8. The van der Waals surface area contributed by atoms with Crippen LogP contribution in [0.25, 0.3) is 0 Å². The molecule has 106 valence electrons. The summed E-state index contributed by atoms with van der Waals surface area (Å²) >= 11 is 0. The number of carboxylic acid groups (broad SMARTS) is 1. The van der Waals surface area contributed by atoms with Crippen molar-refractivity contribution in [3.63, 3.8) is 0 Å². The summed E-state index contributed by atoms with van der Waals surface area (Å²) in [6.07, 6.45) is 0.170. The molecule has 0 aliphatic rings. The minimum absolute atomic E-state index is 0. The van der Waals surface area contributed by atoms with Crippen LogP contribution in [0.1, 0.15) is 10.4 Å². The highest BCUT2D eigenvalue weighted by Gasteiger charge is 2.17. The van der Waals surface area contributed by atoms with Crippen molar-refractivity contribution < 1.29 is 22.7 Å². The van der Waals surface area contributed by atoms with Crippen LogP contribution in [0.3, 0.4) is 0 Å². The number of carboxylic acids is 1. The molecule has 1 aromatic rings. The first-order valence-electron chi connectivity index (χ1n) is 4.95. The number of halogens is 2. The van der Waals surface area contributed by atoms with Crippen molar-refractivity contribution in [3.8, 4) is 0 Å². The number of aromatic carboxylic acids is 1. The van der Waals surface area contributed by atoms with E-state index in [1.54, 1.807) is 0 Å². The van der Waals surface area contributed by atoms with Gasteiger partial charge in [0.1, 0.15) is 0 Å². The Morgan fingerprint density at radius 1 is 1.32 bits per heavy atom. The summed E-state index contributed by atoms with van der Waals surface area (Å²) in [7, 11) is -3.71. The SMILES string of the molecule is Cl.NC/C(=C\F)CS(=O)(=O)c1ccc(C(=O)O)cc1. The molecule has 0 radical (unpaired) electrons. The highest BCUT2D eigenvalue weighted by Crippen LogP contribution is 2.15. The molecular weight excluding hydrogens is 297 g/mol. The summed E-state index contributed by atoms with van der Waals surface area (Å²) in [6.45, 7) is -0.192. The number of nitrogens with two attached hydrogens (primary N) is 1. The van der Waals surface area contributed by atoms with Crippen molar-refractivity contribution in [3.05, 3.63) is 41.7 Å². The largest absolute Gasteiger partial charge is 0.478 e. The fraction of sp³-hybridized carbons (Fsp3) is 0.182. The predicted molar refractivity (Wildman–Crippen MR) is 70.9 cm³/mol. The first kappa shape index (κ1) is 17.6. The summed E-state index contributed by atoms with van der Waals surface area (Å²) in [5.41, 5.74) is 5.12. The molecule has 0 fully saturated rings. The summed E-state index contributed by atoms with van der Waals surface area (Å²) < 4.78 is 36.0. The minimum atomic E-state index is -3.71. The molecule has 3 N–H and O–H groups in total. The molecule has 0 aromatic heterocycles. The zero-order valence-electron chi connectivity index (χ0n) is 9.74. The van der Waals surface area contributed by atoms with E-state index >= 15 is 0 Å². The highest BCUT2D eigenvalue weighted by atomic mass is 35.5. The molecule has 0 atom stereocenters. The van der Waals surface area contributed by atoms with Crippen molar-refractivity contribution >= 4 is 28.2 Å². The second-order valence-electron chi connectivity index (χ2n) is 3.56. The molecule has 1 rings (SSSR count). The van der Waals surface area contributed by atoms with Crippen LogP contribution in [0, 0.1) is 0 Å². The van der Waals surface area contributed by atoms with Gasteiger partial charge in [-0.05, 0) is 29.8 Å². The quantitative estimate of drug-likeness (QED) is 0.856. The van der Waals surface area contributed by atoms with E-state index in [0.29, 0.717) is 0 Å². The smallest absolute Gasteiger partial charge is 0.335 e. The monoisotopic (exact) mass is 309 g/mol. The molecule has 0 spiro atoms. The van der Waals surface area contributed by atoms with Gasteiger partial charge in [-0.3, -0.25) is 0 Å². The number of carbonyl (C=O) groups is 1. The standard InChI is InChI=1S/C11H12FNO4S.ClH/c12-5-8(6-13)7-18(16,17)10-3-1-9(2-4-10)11(14)15;/h1-5H,6-7,13H2,(H,14,15);1H/b8-5+;. The van der Waals surface area contributed by atoms with Crippen molar-refractivity contribution in [2.24, 2.45) is 5.73 Å². The lowest BCUT2D eigenvalue weighted by atomic mass is 10.2. The Labute approximate surface area is 116 Å². The lowest BCUT2D eigenvalue weighted by molar-refractivity contribution is 0.0696. The summed E-state index contributed by atoms with van der Waals surface area (Å²) in [6, 6.07) is 4.70. The van der Waals surface area contributed by atoms with Crippen LogP contribution in [-0.2, 0) is 9.84 Å². The van der Waals surface area contributed by atoms with E-state index < -0.39 is 21.6 Å². The fourth-order valence-corrected chi connectivity index (χ4v) is 2.65. The molecule has 19 heavy (non-hydrogen) atoms. The van der Waals surface area contributed by atoms with E-state index in [9.17, 15) is 17.6 Å². The van der Waals surface area contributed by atoms with Crippen LogP contribution < -0.4 is 5.73 Å². The Balaban J connectivity index is 0.00000324. The van der Waals surface area contributed by atoms with Gasteiger partial charge in [-0.1, -0.05) is 0 Å². The molecular formula is C11H13ClFNO4S. The maximum atomic E-state index is 12.3. The number of sulfone groups is 1. The Morgan fingerprint density at radius 3 is 2.21 bits per heavy atom. The van der Waals surface area contributed by atoms with E-state index in [1.807, 2.05) is 0 Å². The van der Waals surface area contributed by atoms with Crippen molar-refractivity contribution in [2.45, 2.75) is 4.90 Å². The van der Waals surface area contributed by atoms with Gasteiger partial charge in [-0.25, -0.2) is 17.6 Å². The van der Waals surface area contributed by atoms with E-state index in [4.69, 9.17) is 10.8 Å². The molecule has 0 amide bonds. The van der Waals surface area contributed by atoms with Gasteiger partial charge < -0.3 is 10.8 Å². The molecule has 0 heterocycles. The van der Waals surface area contributed by atoms with E-state index in [-0.39, 0.29) is 41.3 Å². The van der Waals surface area contributed by atoms with Crippen molar-refractivity contribution in [2.75, 3.05) is 12.3 Å². The summed E-state index contributed by atoms with van der Waals surface area (Å²) in [5.74, 6) is -1.67. The maximum Gasteiger partial charge on any atom is 0.335 e.